The van der Waals surface area contributed by atoms with Crippen LogP contribution in [-0.2, 0) is 9.59 Å². The minimum Gasteiger partial charge on any atom is -0.483 e. The van der Waals surface area contributed by atoms with Gasteiger partial charge >= 0.3 is 0 Å². The molecule has 8 heteroatoms. The number of halogens is 2. The number of carbonyl (C=O) groups is 2. The van der Waals surface area contributed by atoms with Gasteiger partial charge in [0.2, 0.25) is 0 Å². The lowest BCUT2D eigenvalue weighted by Gasteiger charge is -2.12. The summed E-state index contributed by atoms with van der Waals surface area (Å²) in [5.41, 5.74) is 4.22. The van der Waals surface area contributed by atoms with E-state index in [1.807, 2.05) is 39.0 Å². The molecular weight excluding hydrogens is 485 g/mol. The van der Waals surface area contributed by atoms with E-state index in [0.29, 0.717) is 32.7 Å². The van der Waals surface area contributed by atoms with Crippen LogP contribution in [0.1, 0.15) is 22.3 Å². The van der Waals surface area contributed by atoms with Gasteiger partial charge in [0.25, 0.3) is 11.8 Å². The van der Waals surface area contributed by atoms with Crippen molar-refractivity contribution in [1.82, 2.24) is 0 Å². The Hall–Kier alpha value is -3.79. The van der Waals surface area contributed by atoms with Crippen molar-refractivity contribution in [2.24, 2.45) is 0 Å². The van der Waals surface area contributed by atoms with Gasteiger partial charge in [0.15, 0.2) is 6.61 Å². The quantitative estimate of drug-likeness (QED) is 0.282. The van der Waals surface area contributed by atoms with E-state index in [9.17, 15) is 14.9 Å². The van der Waals surface area contributed by atoms with Gasteiger partial charge in [-0.2, -0.15) is 5.26 Å². The van der Waals surface area contributed by atoms with Crippen LogP contribution in [0.2, 0.25) is 10.0 Å². The molecule has 0 bridgehead atoms. The number of nitrogens with one attached hydrogen (secondary N) is 2. The third-order valence-electron chi connectivity index (χ3n) is 5.30. The molecule has 0 saturated heterocycles. The molecule has 0 radical (unpaired) electrons. The van der Waals surface area contributed by atoms with E-state index in [-0.39, 0.29) is 12.2 Å². The van der Waals surface area contributed by atoms with E-state index in [2.05, 4.69) is 10.6 Å². The first kappa shape index (κ1) is 25.8. The number of amides is 2. The van der Waals surface area contributed by atoms with Gasteiger partial charge in [-0.05, 0) is 79.9 Å². The van der Waals surface area contributed by atoms with Gasteiger partial charge in [0.05, 0.1) is 0 Å². The number of benzene rings is 3. The molecular formula is C27H23Cl2N3O3. The normalized spacial score (nSPS) is 10.9. The first-order chi connectivity index (χ1) is 16.7. The highest BCUT2D eigenvalue weighted by Crippen LogP contribution is 2.26. The molecule has 0 aliphatic carbocycles. The highest BCUT2D eigenvalue weighted by molar-refractivity contribution is 6.31. The van der Waals surface area contributed by atoms with Gasteiger partial charge in [-0.1, -0.05) is 41.4 Å². The van der Waals surface area contributed by atoms with E-state index in [4.69, 9.17) is 27.9 Å². The third kappa shape index (κ3) is 6.86. The predicted octanol–water partition coefficient (Wildman–Crippen LogP) is 6.48. The summed E-state index contributed by atoms with van der Waals surface area (Å²) in [6.07, 6.45) is 1.37. The molecule has 0 heterocycles. The van der Waals surface area contributed by atoms with Crippen LogP contribution in [-0.4, -0.2) is 18.4 Å². The molecule has 0 saturated carbocycles. The minimum atomic E-state index is -0.568. The number of carbonyl (C=O) groups excluding carboxylic acids is 2. The molecule has 0 aliphatic rings. The lowest BCUT2D eigenvalue weighted by molar-refractivity contribution is -0.118. The summed E-state index contributed by atoms with van der Waals surface area (Å²) in [6, 6.07) is 17.4. The Labute approximate surface area is 214 Å². The molecule has 2 amide bonds. The number of nitrogens with zero attached hydrogens (tertiary/aromatic N) is 1. The number of aryl methyl sites for hydroxylation is 2. The summed E-state index contributed by atoms with van der Waals surface area (Å²) in [4.78, 5) is 25.2. The topological polar surface area (TPSA) is 91.2 Å². The summed E-state index contributed by atoms with van der Waals surface area (Å²) in [5, 5.41) is 16.0. The van der Waals surface area contributed by atoms with Crippen molar-refractivity contribution in [1.29, 1.82) is 5.26 Å². The number of nitriles is 1. The van der Waals surface area contributed by atoms with Crippen molar-refractivity contribution in [3.63, 3.8) is 0 Å². The summed E-state index contributed by atoms with van der Waals surface area (Å²) >= 11 is 12.2. The molecule has 0 aliphatic heterocycles. The Bertz CT molecular complexity index is 1360. The zero-order valence-electron chi connectivity index (χ0n) is 19.4. The fourth-order valence-corrected chi connectivity index (χ4v) is 3.52. The summed E-state index contributed by atoms with van der Waals surface area (Å²) in [5.74, 6) is -0.678. The monoisotopic (exact) mass is 507 g/mol. The number of rotatable bonds is 7. The molecule has 3 aromatic rings. The average Bonchev–Trinajstić information content (AvgIpc) is 2.82. The maximum Gasteiger partial charge on any atom is 0.266 e. The maximum atomic E-state index is 12.8. The fourth-order valence-electron chi connectivity index (χ4n) is 3.15. The van der Waals surface area contributed by atoms with E-state index in [0.717, 1.165) is 16.7 Å². The van der Waals surface area contributed by atoms with E-state index >= 15 is 0 Å². The van der Waals surface area contributed by atoms with Crippen molar-refractivity contribution in [3.05, 3.63) is 92.5 Å². The third-order valence-corrected chi connectivity index (χ3v) is 5.95. The van der Waals surface area contributed by atoms with Crippen LogP contribution >= 0.6 is 23.2 Å². The van der Waals surface area contributed by atoms with Crippen LogP contribution < -0.4 is 15.4 Å². The predicted molar refractivity (Wildman–Crippen MR) is 140 cm³/mol. The summed E-state index contributed by atoms with van der Waals surface area (Å²) < 4.78 is 5.67. The number of hydrogen-bond donors (Lipinski definition) is 2. The van der Waals surface area contributed by atoms with Crippen LogP contribution in [0, 0.1) is 32.1 Å². The molecule has 3 aromatic carbocycles. The zero-order valence-corrected chi connectivity index (χ0v) is 20.9. The molecule has 0 fully saturated rings. The first-order valence-corrected chi connectivity index (χ1v) is 11.4. The van der Waals surface area contributed by atoms with Gasteiger partial charge < -0.3 is 15.4 Å². The van der Waals surface area contributed by atoms with Gasteiger partial charge in [0.1, 0.15) is 17.4 Å². The van der Waals surface area contributed by atoms with Crippen molar-refractivity contribution in [3.8, 4) is 11.8 Å². The second-order valence-electron chi connectivity index (χ2n) is 7.85. The highest BCUT2D eigenvalue weighted by atomic mass is 35.5. The van der Waals surface area contributed by atoms with Crippen molar-refractivity contribution in [2.45, 2.75) is 20.8 Å². The second-order valence-corrected chi connectivity index (χ2v) is 8.70. The average molecular weight is 508 g/mol. The zero-order chi connectivity index (χ0) is 25.5. The van der Waals surface area contributed by atoms with E-state index < -0.39 is 11.8 Å². The van der Waals surface area contributed by atoms with Crippen molar-refractivity contribution < 1.29 is 14.3 Å². The van der Waals surface area contributed by atoms with Crippen LogP contribution in [0.15, 0.2) is 60.2 Å². The molecule has 0 aromatic heterocycles. The number of ether oxygens (including phenoxy) is 1. The number of anilines is 2. The molecule has 0 spiro atoms. The SMILES string of the molecule is Cc1ccc(NC(=O)COc2ccc(Cl)cc2/C=C(/C#N)C(=O)Nc2cccc(C)c2C)cc1Cl. The van der Waals surface area contributed by atoms with Gasteiger partial charge in [-0.15, -0.1) is 0 Å². The van der Waals surface area contributed by atoms with Gasteiger partial charge in [-0.25, -0.2) is 0 Å². The van der Waals surface area contributed by atoms with Gasteiger partial charge in [0, 0.05) is 27.0 Å². The highest BCUT2D eigenvalue weighted by Gasteiger charge is 2.14. The lowest BCUT2D eigenvalue weighted by Crippen LogP contribution is -2.20. The Morgan fingerprint density at radius 3 is 2.49 bits per heavy atom. The largest absolute Gasteiger partial charge is 0.483 e. The smallest absolute Gasteiger partial charge is 0.266 e. The standard InChI is InChI=1S/C27H23Cl2N3O3/c1-16-5-4-6-24(18(16)3)32-27(34)20(14-30)11-19-12-21(28)8-10-25(19)35-15-26(33)31-22-9-7-17(2)23(29)13-22/h4-13H,15H2,1-3H3,(H,31,33)(H,32,34)/b20-11-. The molecule has 6 nitrogen and oxygen atoms in total. The Kier molecular flexibility index (Phi) is 8.53. The molecule has 0 atom stereocenters. The maximum absolute atomic E-state index is 12.8. The molecule has 35 heavy (non-hydrogen) atoms. The minimum absolute atomic E-state index is 0.142. The Morgan fingerprint density at radius 2 is 1.77 bits per heavy atom. The van der Waals surface area contributed by atoms with Crippen molar-refractivity contribution >= 4 is 52.5 Å². The molecule has 3 rings (SSSR count). The van der Waals surface area contributed by atoms with Crippen LogP contribution in [0.4, 0.5) is 11.4 Å². The number of hydrogen-bond acceptors (Lipinski definition) is 4. The van der Waals surface area contributed by atoms with Crippen molar-refractivity contribution in [2.75, 3.05) is 17.2 Å². The van der Waals surface area contributed by atoms with Crippen LogP contribution in [0.3, 0.4) is 0 Å². The Morgan fingerprint density at radius 1 is 1.00 bits per heavy atom. The summed E-state index contributed by atoms with van der Waals surface area (Å²) in [6.45, 7) is 5.39. The van der Waals surface area contributed by atoms with Crippen LogP contribution in [0.5, 0.6) is 5.75 Å². The van der Waals surface area contributed by atoms with Crippen LogP contribution in [0.25, 0.3) is 6.08 Å². The van der Waals surface area contributed by atoms with Gasteiger partial charge in [-0.3, -0.25) is 9.59 Å². The first-order valence-electron chi connectivity index (χ1n) is 10.7. The Balaban J connectivity index is 1.76. The van der Waals surface area contributed by atoms with E-state index in [1.165, 1.54) is 6.08 Å². The summed E-state index contributed by atoms with van der Waals surface area (Å²) in [7, 11) is 0. The molecule has 2 N–H and O–H groups in total. The fraction of sp³-hybridized carbons (Fsp3) is 0.148. The molecule has 178 valence electrons. The van der Waals surface area contributed by atoms with E-state index in [1.54, 1.807) is 42.5 Å². The second kappa shape index (κ2) is 11.6. The lowest BCUT2D eigenvalue weighted by atomic mass is 10.1. The molecule has 0 unspecified atom stereocenters.